The number of aromatic nitrogens is 2. The average Bonchev–Trinajstić information content (AvgIpc) is 2.88. The molecular weight excluding hydrogens is 306 g/mol. The van der Waals surface area contributed by atoms with Gasteiger partial charge in [-0.15, -0.1) is 0 Å². The highest BCUT2D eigenvalue weighted by Crippen LogP contribution is 2.31. The first-order valence-corrected chi connectivity index (χ1v) is 7.76. The molecule has 6 heteroatoms. The molecule has 0 unspecified atom stereocenters. The van der Waals surface area contributed by atoms with E-state index < -0.39 is 5.97 Å². The predicted octanol–water partition coefficient (Wildman–Crippen LogP) is 4.07. The van der Waals surface area contributed by atoms with E-state index in [4.69, 9.17) is 9.15 Å². The van der Waals surface area contributed by atoms with Crippen LogP contribution in [0.4, 0.5) is 11.5 Å². The number of nitrogens with zero attached hydrogens (tertiary/aromatic N) is 2. The standard InChI is InChI=1S/C18H19N3O3/c1-5-23-18(22)14-12(4)24-17-15(14)16(19-9-20-17)21-13-7-6-10(2)11(3)8-13/h6-9H,5H2,1-4H3,(H,19,20,21). The summed E-state index contributed by atoms with van der Waals surface area (Å²) in [6, 6.07) is 6.02. The highest BCUT2D eigenvalue weighted by Gasteiger charge is 2.23. The number of carbonyl (C=O) groups is 1. The number of hydrogen-bond acceptors (Lipinski definition) is 6. The van der Waals surface area contributed by atoms with Crippen LogP contribution in [0.2, 0.25) is 0 Å². The average molecular weight is 325 g/mol. The van der Waals surface area contributed by atoms with E-state index in [1.165, 1.54) is 17.5 Å². The number of rotatable bonds is 4. The Morgan fingerprint density at radius 2 is 2.00 bits per heavy atom. The molecule has 124 valence electrons. The van der Waals surface area contributed by atoms with Crippen molar-refractivity contribution in [2.75, 3.05) is 11.9 Å². The Hall–Kier alpha value is -2.89. The summed E-state index contributed by atoms with van der Waals surface area (Å²) in [5, 5.41) is 3.78. The van der Waals surface area contributed by atoms with Crippen molar-refractivity contribution in [1.82, 2.24) is 9.97 Å². The van der Waals surface area contributed by atoms with Gasteiger partial charge in [0, 0.05) is 5.69 Å². The van der Waals surface area contributed by atoms with Gasteiger partial charge < -0.3 is 14.5 Å². The second-order valence-electron chi connectivity index (χ2n) is 5.58. The van der Waals surface area contributed by atoms with Gasteiger partial charge in [-0.2, -0.15) is 0 Å². The van der Waals surface area contributed by atoms with Crippen molar-refractivity contribution < 1.29 is 13.9 Å². The first-order valence-electron chi connectivity index (χ1n) is 7.76. The molecule has 3 rings (SSSR count). The van der Waals surface area contributed by atoms with Gasteiger partial charge in [0.1, 0.15) is 23.5 Å². The molecule has 0 fully saturated rings. The van der Waals surface area contributed by atoms with Gasteiger partial charge in [0.05, 0.1) is 12.0 Å². The molecule has 0 aliphatic heterocycles. The fourth-order valence-corrected chi connectivity index (χ4v) is 2.54. The van der Waals surface area contributed by atoms with Crippen LogP contribution in [0.25, 0.3) is 11.1 Å². The van der Waals surface area contributed by atoms with Crippen molar-refractivity contribution in [3.05, 3.63) is 47.0 Å². The highest BCUT2D eigenvalue weighted by atomic mass is 16.5. The molecule has 1 N–H and O–H groups in total. The molecule has 0 spiro atoms. The fourth-order valence-electron chi connectivity index (χ4n) is 2.54. The van der Waals surface area contributed by atoms with Crippen molar-refractivity contribution in [3.8, 4) is 0 Å². The first-order chi connectivity index (χ1) is 11.5. The molecule has 2 heterocycles. The second-order valence-corrected chi connectivity index (χ2v) is 5.58. The van der Waals surface area contributed by atoms with Crippen molar-refractivity contribution >= 4 is 28.6 Å². The van der Waals surface area contributed by atoms with E-state index in [1.807, 2.05) is 25.1 Å². The quantitative estimate of drug-likeness (QED) is 0.729. The molecule has 2 aromatic heterocycles. The number of anilines is 2. The molecule has 0 aliphatic carbocycles. The zero-order chi connectivity index (χ0) is 17.3. The molecular formula is C18H19N3O3. The van der Waals surface area contributed by atoms with E-state index >= 15 is 0 Å². The predicted molar refractivity (Wildman–Crippen MR) is 91.7 cm³/mol. The number of ether oxygens (including phenoxy) is 1. The fraction of sp³-hybridized carbons (Fsp3) is 0.278. The number of nitrogens with one attached hydrogen (secondary N) is 1. The molecule has 0 bridgehead atoms. The Bertz CT molecular complexity index is 915. The summed E-state index contributed by atoms with van der Waals surface area (Å²) in [5.41, 5.74) is 3.97. The Morgan fingerprint density at radius 3 is 2.71 bits per heavy atom. The lowest BCUT2D eigenvalue weighted by Crippen LogP contribution is -2.06. The summed E-state index contributed by atoms with van der Waals surface area (Å²) in [6.45, 7) is 7.87. The molecule has 0 amide bonds. The van der Waals surface area contributed by atoms with Crippen LogP contribution < -0.4 is 5.32 Å². The van der Waals surface area contributed by atoms with Crippen LogP contribution in [0, 0.1) is 20.8 Å². The third-order valence-corrected chi connectivity index (χ3v) is 3.91. The van der Waals surface area contributed by atoms with Crippen molar-refractivity contribution in [3.63, 3.8) is 0 Å². The van der Waals surface area contributed by atoms with Gasteiger partial charge in [0.2, 0.25) is 5.71 Å². The van der Waals surface area contributed by atoms with Crippen molar-refractivity contribution in [2.45, 2.75) is 27.7 Å². The SMILES string of the molecule is CCOC(=O)c1c(C)oc2ncnc(Nc3ccc(C)c(C)c3)c12. The number of furan rings is 1. The molecule has 0 radical (unpaired) electrons. The van der Waals surface area contributed by atoms with Gasteiger partial charge >= 0.3 is 5.97 Å². The topological polar surface area (TPSA) is 77.2 Å². The Morgan fingerprint density at radius 1 is 1.21 bits per heavy atom. The number of benzene rings is 1. The Labute approximate surface area is 139 Å². The molecule has 24 heavy (non-hydrogen) atoms. The lowest BCUT2D eigenvalue weighted by molar-refractivity contribution is 0.0526. The van der Waals surface area contributed by atoms with Gasteiger partial charge in [-0.25, -0.2) is 14.8 Å². The van der Waals surface area contributed by atoms with Crippen LogP contribution in [0.3, 0.4) is 0 Å². The minimum absolute atomic E-state index is 0.290. The number of esters is 1. The van der Waals surface area contributed by atoms with E-state index in [0.717, 1.165) is 5.69 Å². The molecule has 0 atom stereocenters. The monoisotopic (exact) mass is 325 g/mol. The smallest absolute Gasteiger partial charge is 0.342 e. The second kappa shape index (κ2) is 6.31. The highest BCUT2D eigenvalue weighted by molar-refractivity contribution is 6.08. The minimum atomic E-state index is -0.438. The summed E-state index contributed by atoms with van der Waals surface area (Å²) in [7, 11) is 0. The van der Waals surface area contributed by atoms with E-state index in [1.54, 1.807) is 13.8 Å². The number of carbonyl (C=O) groups excluding carboxylic acids is 1. The number of aryl methyl sites for hydroxylation is 3. The van der Waals surface area contributed by atoms with E-state index in [9.17, 15) is 4.79 Å². The zero-order valence-electron chi connectivity index (χ0n) is 14.1. The third kappa shape index (κ3) is 2.82. The van der Waals surface area contributed by atoms with Crippen LogP contribution in [0.15, 0.2) is 28.9 Å². The maximum Gasteiger partial charge on any atom is 0.342 e. The largest absolute Gasteiger partial charge is 0.462 e. The van der Waals surface area contributed by atoms with Crippen LogP contribution in [-0.2, 0) is 4.74 Å². The van der Waals surface area contributed by atoms with Gasteiger partial charge in [-0.3, -0.25) is 0 Å². The molecule has 3 aromatic rings. The summed E-state index contributed by atoms with van der Waals surface area (Å²) < 4.78 is 10.7. The molecule has 0 aliphatic rings. The van der Waals surface area contributed by atoms with Gasteiger partial charge in [-0.1, -0.05) is 6.07 Å². The van der Waals surface area contributed by atoms with E-state index in [-0.39, 0.29) is 0 Å². The maximum atomic E-state index is 12.3. The van der Waals surface area contributed by atoms with E-state index in [0.29, 0.717) is 34.8 Å². The summed E-state index contributed by atoms with van der Waals surface area (Å²) in [4.78, 5) is 20.7. The lowest BCUT2D eigenvalue weighted by Gasteiger charge is -2.09. The normalized spacial score (nSPS) is 10.8. The van der Waals surface area contributed by atoms with Gasteiger partial charge in [-0.05, 0) is 51.0 Å². The molecule has 6 nitrogen and oxygen atoms in total. The first kappa shape index (κ1) is 16.0. The maximum absolute atomic E-state index is 12.3. The van der Waals surface area contributed by atoms with E-state index in [2.05, 4.69) is 22.2 Å². The van der Waals surface area contributed by atoms with Crippen molar-refractivity contribution in [2.24, 2.45) is 0 Å². The Kier molecular flexibility index (Phi) is 4.20. The Balaban J connectivity index is 2.10. The van der Waals surface area contributed by atoms with Gasteiger partial charge in [0.25, 0.3) is 0 Å². The molecule has 0 saturated heterocycles. The van der Waals surface area contributed by atoms with Crippen molar-refractivity contribution in [1.29, 1.82) is 0 Å². The molecule has 0 saturated carbocycles. The van der Waals surface area contributed by atoms with Crippen LogP contribution in [-0.4, -0.2) is 22.5 Å². The van der Waals surface area contributed by atoms with Crippen LogP contribution in [0.1, 0.15) is 34.2 Å². The summed E-state index contributed by atoms with van der Waals surface area (Å²) in [6.07, 6.45) is 1.41. The zero-order valence-corrected chi connectivity index (χ0v) is 14.1. The lowest BCUT2D eigenvalue weighted by atomic mass is 10.1. The summed E-state index contributed by atoms with van der Waals surface area (Å²) >= 11 is 0. The number of hydrogen-bond donors (Lipinski definition) is 1. The summed E-state index contributed by atoms with van der Waals surface area (Å²) in [5.74, 6) is 0.543. The molecule has 1 aromatic carbocycles. The van der Waals surface area contributed by atoms with Gasteiger partial charge in [0.15, 0.2) is 0 Å². The third-order valence-electron chi connectivity index (χ3n) is 3.91. The van der Waals surface area contributed by atoms with Crippen LogP contribution in [0.5, 0.6) is 0 Å². The minimum Gasteiger partial charge on any atom is -0.462 e. The number of fused-ring (bicyclic) bond motifs is 1. The van der Waals surface area contributed by atoms with Crippen LogP contribution >= 0.6 is 0 Å².